The molecule has 0 saturated heterocycles. The highest BCUT2D eigenvalue weighted by Crippen LogP contribution is 2.23. The number of hydrogen-bond donors (Lipinski definition) is 1. The third-order valence-corrected chi connectivity index (χ3v) is 4.54. The van der Waals surface area contributed by atoms with Crippen LogP contribution in [0.2, 0.25) is 0 Å². The zero-order valence-corrected chi connectivity index (χ0v) is 16.6. The van der Waals surface area contributed by atoms with Gasteiger partial charge in [-0.2, -0.15) is 0 Å². The molecule has 6 nitrogen and oxygen atoms in total. The summed E-state index contributed by atoms with van der Waals surface area (Å²) in [5.41, 5.74) is 1.72. The van der Waals surface area contributed by atoms with Gasteiger partial charge in [0.25, 0.3) is 5.88 Å². The molecule has 2 aromatic carbocycles. The topological polar surface area (TPSA) is 77.0 Å². The molecule has 0 fully saturated rings. The number of rotatable bonds is 8. The van der Waals surface area contributed by atoms with Gasteiger partial charge in [0.05, 0.1) is 6.54 Å². The lowest BCUT2D eigenvalue weighted by Crippen LogP contribution is -2.33. The molecule has 0 aliphatic rings. The fourth-order valence-corrected chi connectivity index (χ4v) is 2.95. The Balaban J connectivity index is 1.70. The Labute approximate surface area is 173 Å². The van der Waals surface area contributed by atoms with E-state index in [-0.39, 0.29) is 19.0 Å². The molecule has 1 heterocycles. The minimum atomic E-state index is -0.665. The quantitative estimate of drug-likeness (QED) is 0.579. The van der Waals surface area contributed by atoms with Gasteiger partial charge in [-0.25, -0.2) is 13.9 Å². The van der Waals surface area contributed by atoms with Gasteiger partial charge < -0.3 is 4.74 Å². The minimum absolute atomic E-state index is 0.159. The lowest BCUT2D eigenvalue weighted by atomic mass is 10.0. The van der Waals surface area contributed by atoms with Crippen molar-refractivity contribution in [3.05, 3.63) is 111 Å². The molecule has 1 N–H and O–H groups in total. The van der Waals surface area contributed by atoms with Crippen LogP contribution in [-0.2, 0) is 19.6 Å². The highest BCUT2D eigenvalue weighted by molar-refractivity contribution is 5.76. The number of allylic oxidation sites excluding steroid dienone is 3. The second kappa shape index (κ2) is 9.65. The largest absolute Gasteiger partial charge is 0.468 e. The Hall–Kier alpha value is -3.74. The second-order valence-electron chi connectivity index (χ2n) is 6.62. The molecule has 0 saturated carbocycles. The zero-order chi connectivity index (χ0) is 21.5. The lowest BCUT2D eigenvalue weighted by Gasteiger charge is -2.09. The van der Waals surface area contributed by atoms with Gasteiger partial charge in [-0.05, 0) is 30.0 Å². The van der Waals surface area contributed by atoms with Crippen LogP contribution in [0.25, 0.3) is 5.57 Å². The predicted molar refractivity (Wildman–Crippen MR) is 114 cm³/mol. The first-order valence-corrected chi connectivity index (χ1v) is 9.46. The number of hydrogen-bond acceptors (Lipinski definition) is 4. The average Bonchev–Trinajstić information content (AvgIpc) is 2.74. The van der Waals surface area contributed by atoms with E-state index in [0.29, 0.717) is 12.0 Å². The number of halogens is 1. The minimum Gasteiger partial charge on any atom is -0.468 e. The van der Waals surface area contributed by atoms with Gasteiger partial charge >= 0.3 is 11.2 Å². The van der Waals surface area contributed by atoms with Crippen molar-refractivity contribution in [3.8, 4) is 5.88 Å². The van der Waals surface area contributed by atoms with Crippen LogP contribution in [-0.4, -0.2) is 14.8 Å². The Morgan fingerprint density at radius 1 is 1.13 bits per heavy atom. The van der Waals surface area contributed by atoms with Crippen LogP contribution >= 0.6 is 0 Å². The first kappa shape index (κ1) is 21.0. The van der Waals surface area contributed by atoms with Crippen molar-refractivity contribution >= 4 is 5.57 Å². The standard InChI is InChI=1S/C23H22FN3O3/c1-3-20(16(2)24)19-11-9-17(10-12-19)13-14-27-23(29)25-21(28)22(26-27)30-15-18-7-5-4-6-8-18/h3-12H,2,13-15H2,1H3,(H,25,28,29). The molecule has 0 aliphatic heterocycles. The molecule has 0 amide bonds. The smallest absolute Gasteiger partial charge is 0.344 e. The number of nitrogens with zero attached hydrogens (tertiary/aromatic N) is 2. The maximum absolute atomic E-state index is 13.5. The van der Waals surface area contributed by atoms with E-state index >= 15 is 0 Å². The van der Waals surface area contributed by atoms with Crippen LogP contribution in [0, 0.1) is 0 Å². The summed E-state index contributed by atoms with van der Waals surface area (Å²) < 4.78 is 20.1. The molecule has 1 aromatic heterocycles. The Kier molecular flexibility index (Phi) is 6.75. The first-order valence-electron chi connectivity index (χ1n) is 9.46. The van der Waals surface area contributed by atoms with Crippen LogP contribution in [0.1, 0.15) is 23.6 Å². The van der Waals surface area contributed by atoms with E-state index in [2.05, 4.69) is 16.7 Å². The molecule has 0 atom stereocenters. The van der Waals surface area contributed by atoms with Gasteiger partial charge in [0.2, 0.25) is 0 Å². The zero-order valence-electron chi connectivity index (χ0n) is 16.6. The molecular formula is C23H22FN3O3. The second-order valence-corrected chi connectivity index (χ2v) is 6.62. The number of H-pyrrole nitrogens is 1. The molecule has 0 aliphatic carbocycles. The number of benzene rings is 2. The monoisotopic (exact) mass is 407 g/mol. The van der Waals surface area contributed by atoms with Gasteiger partial charge in [0.15, 0.2) is 0 Å². The van der Waals surface area contributed by atoms with Crippen molar-refractivity contribution in [2.24, 2.45) is 0 Å². The van der Waals surface area contributed by atoms with Crippen molar-refractivity contribution in [2.75, 3.05) is 0 Å². The molecule has 3 aromatic rings. The summed E-state index contributed by atoms with van der Waals surface area (Å²) in [7, 11) is 0. The maximum atomic E-state index is 13.5. The molecule has 0 bridgehead atoms. The molecule has 0 spiro atoms. The van der Waals surface area contributed by atoms with Crippen LogP contribution in [0.5, 0.6) is 5.88 Å². The van der Waals surface area contributed by atoms with Crippen LogP contribution in [0.3, 0.4) is 0 Å². The molecule has 30 heavy (non-hydrogen) atoms. The summed E-state index contributed by atoms with van der Waals surface area (Å²) >= 11 is 0. The predicted octanol–water partition coefficient (Wildman–Crippen LogP) is 3.64. The van der Waals surface area contributed by atoms with E-state index in [1.165, 1.54) is 0 Å². The number of aryl methyl sites for hydroxylation is 2. The van der Waals surface area contributed by atoms with Gasteiger partial charge in [-0.3, -0.25) is 9.78 Å². The van der Waals surface area contributed by atoms with Gasteiger partial charge in [0, 0.05) is 5.57 Å². The van der Waals surface area contributed by atoms with E-state index in [1.54, 1.807) is 25.1 Å². The van der Waals surface area contributed by atoms with Crippen LogP contribution < -0.4 is 16.0 Å². The third kappa shape index (κ3) is 5.20. The van der Waals surface area contributed by atoms with E-state index in [9.17, 15) is 14.0 Å². The van der Waals surface area contributed by atoms with Gasteiger partial charge in [-0.15, -0.1) is 5.10 Å². The Morgan fingerprint density at radius 3 is 2.47 bits per heavy atom. The highest BCUT2D eigenvalue weighted by atomic mass is 19.1. The average molecular weight is 407 g/mol. The maximum Gasteiger partial charge on any atom is 0.344 e. The van der Waals surface area contributed by atoms with Crippen molar-refractivity contribution in [2.45, 2.75) is 26.5 Å². The third-order valence-electron chi connectivity index (χ3n) is 4.54. The number of nitrogens with one attached hydrogen (secondary N) is 1. The normalized spacial score (nSPS) is 11.3. The molecule has 3 rings (SSSR count). The van der Waals surface area contributed by atoms with Gasteiger partial charge in [-0.1, -0.05) is 67.3 Å². The fourth-order valence-electron chi connectivity index (χ4n) is 2.95. The summed E-state index contributed by atoms with van der Waals surface area (Å²) in [6.45, 7) is 5.51. The first-order chi connectivity index (χ1) is 14.5. The molecule has 7 heteroatoms. The van der Waals surface area contributed by atoms with Crippen molar-refractivity contribution < 1.29 is 9.13 Å². The highest BCUT2D eigenvalue weighted by Gasteiger charge is 2.09. The summed E-state index contributed by atoms with van der Waals surface area (Å²) in [5, 5.41) is 4.05. The van der Waals surface area contributed by atoms with E-state index in [4.69, 9.17) is 4.74 Å². The van der Waals surface area contributed by atoms with E-state index in [1.807, 2.05) is 42.5 Å². The van der Waals surface area contributed by atoms with Crippen LogP contribution in [0.4, 0.5) is 4.39 Å². The Morgan fingerprint density at radius 2 is 1.83 bits per heavy atom. The molecule has 154 valence electrons. The summed E-state index contributed by atoms with van der Waals surface area (Å²) in [6, 6.07) is 16.7. The van der Waals surface area contributed by atoms with Crippen molar-refractivity contribution in [3.63, 3.8) is 0 Å². The van der Waals surface area contributed by atoms with E-state index < -0.39 is 17.1 Å². The summed E-state index contributed by atoms with van der Waals surface area (Å²) in [6.07, 6.45) is 2.16. The molecular weight excluding hydrogens is 385 g/mol. The van der Waals surface area contributed by atoms with Gasteiger partial charge in [0.1, 0.15) is 12.4 Å². The van der Waals surface area contributed by atoms with Crippen molar-refractivity contribution in [1.82, 2.24) is 14.8 Å². The summed E-state index contributed by atoms with van der Waals surface area (Å²) in [4.78, 5) is 26.3. The summed E-state index contributed by atoms with van der Waals surface area (Å²) in [5.74, 6) is -0.648. The number of aromatic amines is 1. The number of aromatic nitrogens is 3. The lowest BCUT2D eigenvalue weighted by molar-refractivity contribution is 0.275. The molecule has 0 unspecified atom stereocenters. The van der Waals surface area contributed by atoms with Crippen LogP contribution in [0.15, 0.2) is 82.7 Å². The fraction of sp³-hybridized carbons (Fsp3) is 0.174. The molecule has 0 radical (unpaired) electrons. The Bertz CT molecular complexity index is 1160. The van der Waals surface area contributed by atoms with Crippen molar-refractivity contribution in [1.29, 1.82) is 0 Å². The van der Waals surface area contributed by atoms with E-state index in [0.717, 1.165) is 21.4 Å². The SMILES string of the molecule is C=C(F)C(=CC)c1ccc(CCn2nc(OCc3ccccc3)c(=O)[nH]c2=O)cc1. The number of ether oxygens (including phenoxy) is 1.